The third kappa shape index (κ3) is 1.31. The van der Waals surface area contributed by atoms with Gasteiger partial charge in [0.05, 0.1) is 6.07 Å². The second-order valence-corrected chi connectivity index (χ2v) is 3.89. The summed E-state index contributed by atoms with van der Waals surface area (Å²) in [7, 11) is 0. The molecule has 2 nitrogen and oxygen atoms in total. The van der Waals surface area contributed by atoms with Crippen LogP contribution in [0.25, 0.3) is 0 Å². The Labute approximate surface area is 83.2 Å². The van der Waals surface area contributed by atoms with Gasteiger partial charge in [-0.15, -0.1) is 0 Å². The molecular formula is C12H11NO. The second-order valence-electron chi connectivity index (χ2n) is 3.89. The first-order chi connectivity index (χ1) is 6.68. The highest BCUT2D eigenvalue weighted by Gasteiger charge is 2.50. The molecule has 2 heteroatoms. The maximum atomic E-state index is 11.8. The number of benzene rings is 1. The molecule has 70 valence electrons. The monoisotopic (exact) mass is 185 g/mol. The van der Waals surface area contributed by atoms with Gasteiger partial charge in [-0.1, -0.05) is 29.8 Å². The molecule has 2 rings (SSSR count). The molecule has 1 aromatic rings. The van der Waals surface area contributed by atoms with Crippen molar-refractivity contribution in [2.24, 2.45) is 5.41 Å². The number of Topliss-reactive ketones (excluding diaryl/α,β-unsaturated/α-hetero) is 1. The molecule has 1 aliphatic carbocycles. The van der Waals surface area contributed by atoms with Gasteiger partial charge in [-0.25, -0.2) is 0 Å². The predicted molar refractivity (Wildman–Crippen MR) is 52.8 cm³/mol. The fourth-order valence-electron chi connectivity index (χ4n) is 1.50. The second kappa shape index (κ2) is 2.95. The molecule has 14 heavy (non-hydrogen) atoms. The molecule has 0 amide bonds. The zero-order chi connectivity index (χ0) is 10.2. The van der Waals surface area contributed by atoms with Gasteiger partial charge >= 0.3 is 0 Å². The summed E-state index contributed by atoms with van der Waals surface area (Å²) < 4.78 is 0. The molecule has 0 spiro atoms. The van der Waals surface area contributed by atoms with Crippen LogP contribution in [0.3, 0.4) is 0 Å². The number of carbonyl (C=O) groups excluding carboxylic acids is 1. The number of hydrogen-bond donors (Lipinski definition) is 0. The molecule has 0 saturated heterocycles. The number of hydrogen-bond acceptors (Lipinski definition) is 2. The SMILES string of the molecule is Cc1ccc(C(=O)C2(C#N)CC2)cc1. The minimum atomic E-state index is -0.685. The molecule has 0 aliphatic heterocycles. The van der Waals surface area contributed by atoms with Crippen molar-refractivity contribution >= 4 is 5.78 Å². The van der Waals surface area contributed by atoms with Crippen molar-refractivity contribution in [1.29, 1.82) is 5.26 Å². The third-order valence-electron chi connectivity index (χ3n) is 2.71. The van der Waals surface area contributed by atoms with Crippen LogP contribution in [-0.2, 0) is 0 Å². The number of carbonyl (C=O) groups is 1. The Hall–Kier alpha value is -1.62. The first-order valence-electron chi connectivity index (χ1n) is 4.71. The van der Waals surface area contributed by atoms with E-state index >= 15 is 0 Å². The Bertz CT molecular complexity index is 407. The molecule has 1 aliphatic rings. The summed E-state index contributed by atoms with van der Waals surface area (Å²) in [5, 5.41) is 8.87. The Morgan fingerprint density at radius 1 is 1.36 bits per heavy atom. The van der Waals surface area contributed by atoms with Crippen molar-refractivity contribution in [3.63, 3.8) is 0 Å². The predicted octanol–water partition coefficient (Wildman–Crippen LogP) is 2.48. The zero-order valence-corrected chi connectivity index (χ0v) is 8.08. The highest BCUT2D eigenvalue weighted by Crippen LogP contribution is 2.47. The lowest BCUT2D eigenvalue weighted by molar-refractivity contribution is 0.0934. The molecule has 0 atom stereocenters. The van der Waals surface area contributed by atoms with Crippen molar-refractivity contribution in [2.45, 2.75) is 19.8 Å². The summed E-state index contributed by atoms with van der Waals surface area (Å²) >= 11 is 0. The maximum absolute atomic E-state index is 11.8. The van der Waals surface area contributed by atoms with E-state index in [2.05, 4.69) is 6.07 Å². The lowest BCUT2D eigenvalue weighted by atomic mass is 9.96. The van der Waals surface area contributed by atoms with Crippen LogP contribution in [0, 0.1) is 23.7 Å². The minimum Gasteiger partial charge on any atom is -0.292 e. The smallest absolute Gasteiger partial charge is 0.183 e. The number of ketones is 1. The topological polar surface area (TPSA) is 40.9 Å². The molecular weight excluding hydrogens is 174 g/mol. The molecule has 0 heterocycles. The lowest BCUT2D eigenvalue weighted by Gasteiger charge is -2.04. The van der Waals surface area contributed by atoms with Crippen LogP contribution in [0.4, 0.5) is 0 Å². The largest absolute Gasteiger partial charge is 0.292 e. The quantitative estimate of drug-likeness (QED) is 0.664. The minimum absolute atomic E-state index is 0.0139. The van der Waals surface area contributed by atoms with Crippen molar-refractivity contribution in [3.8, 4) is 6.07 Å². The van der Waals surface area contributed by atoms with Gasteiger partial charge in [0.1, 0.15) is 5.41 Å². The van der Waals surface area contributed by atoms with Crippen LogP contribution in [-0.4, -0.2) is 5.78 Å². The Morgan fingerprint density at radius 2 is 1.93 bits per heavy atom. The van der Waals surface area contributed by atoms with E-state index < -0.39 is 5.41 Å². The van der Waals surface area contributed by atoms with Crippen molar-refractivity contribution in [1.82, 2.24) is 0 Å². The molecule has 1 fully saturated rings. The number of nitrogens with zero attached hydrogens (tertiary/aromatic N) is 1. The van der Waals surface area contributed by atoms with Gasteiger partial charge in [-0.2, -0.15) is 5.26 Å². The summed E-state index contributed by atoms with van der Waals surface area (Å²) in [5.41, 5.74) is 1.10. The van der Waals surface area contributed by atoms with Crippen LogP contribution in [0.15, 0.2) is 24.3 Å². The summed E-state index contributed by atoms with van der Waals surface area (Å²) in [4.78, 5) is 11.8. The van der Waals surface area contributed by atoms with Crippen LogP contribution >= 0.6 is 0 Å². The van der Waals surface area contributed by atoms with E-state index in [0.717, 1.165) is 18.4 Å². The van der Waals surface area contributed by atoms with E-state index in [1.54, 1.807) is 12.1 Å². The van der Waals surface area contributed by atoms with Crippen molar-refractivity contribution in [3.05, 3.63) is 35.4 Å². The van der Waals surface area contributed by atoms with Crippen LogP contribution in [0.1, 0.15) is 28.8 Å². The fourth-order valence-corrected chi connectivity index (χ4v) is 1.50. The summed E-state index contributed by atoms with van der Waals surface area (Å²) in [6, 6.07) is 9.52. The zero-order valence-electron chi connectivity index (χ0n) is 8.08. The third-order valence-corrected chi connectivity index (χ3v) is 2.71. The summed E-state index contributed by atoms with van der Waals surface area (Å²) in [6.07, 6.45) is 1.44. The average Bonchev–Trinajstić information content (AvgIpc) is 2.99. The van der Waals surface area contributed by atoms with E-state index in [-0.39, 0.29) is 5.78 Å². The standard InChI is InChI=1S/C12H11NO/c1-9-2-4-10(5-3-9)11(14)12(8-13)6-7-12/h2-5H,6-7H2,1H3. The Kier molecular flexibility index (Phi) is 1.89. The van der Waals surface area contributed by atoms with Gasteiger partial charge < -0.3 is 0 Å². The van der Waals surface area contributed by atoms with E-state index in [1.807, 2.05) is 19.1 Å². The lowest BCUT2D eigenvalue weighted by Crippen LogP contribution is -2.13. The molecule has 0 radical (unpaired) electrons. The highest BCUT2D eigenvalue weighted by atomic mass is 16.1. The van der Waals surface area contributed by atoms with Crippen molar-refractivity contribution < 1.29 is 4.79 Å². The Balaban J connectivity index is 2.29. The molecule has 0 aromatic heterocycles. The van der Waals surface area contributed by atoms with Gasteiger partial charge in [0.25, 0.3) is 0 Å². The van der Waals surface area contributed by atoms with E-state index in [1.165, 1.54) is 0 Å². The summed E-state index contributed by atoms with van der Waals surface area (Å²) in [6.45, 7) is 1.98. The average molecular weight is 185 g/mol. The van der Waals surface area contributed by atoms with Gasteiger partial charge in [0.15, 0.2) is 5.78 Å². The number of aryl methyl sites for hydroxylation is 1. The molecule has 0 N–H and O–H groups in total. The molecule has 0 unspecified atom stereocenters. The summed E-state index contributed by atoms with van der Waals surface area (Å²) in [5.74, 6) is -0.0139. The van der Waals surface area contributed by atoms with E-state index in [4.69, 9.17) is 5.26 Å². The number of rotatable bonds is 2. The van der Waals surface area contributed by atoms with Crippen LogP contribution in [0.2, 0.25) is 0 Å². The van der Waals surface area contributed by atoms with Gasteiger partial charge in [0, 0.05) is 5.56 Å². The van der Waals surface area contributed by atoms with Gasteiger partial charge in [0.2, 0.25) is 0 Å². The molecule has 1 saturated carbocycles. The van der Waals surface area contributed by atoms with Crippen molar-refractivity contribution in [2.75, 3.05) is 0 Å². The highest BCUT2D eigenvalue weighted by molar-refractivity contribution is 6.04. The first-order valence-corrected chi connectivity index (χ1v) is 4.71. The van der Waals surface area contributed by atoms with Crippen LogP contribution in [0.5, 0.6) is 0 Å². The van der Waals surface area contributed by atoms with Gasteiger partial charge in [-0.05, 0) is 19.8 Å². The van der Waals surface area contributed by atoms with E-state index in [9.17, 15) is 4.79 Å². The maximum Gasteiger partial charge on any atom is 0.183 e. The van der Waals surface area contributed by atoms with Gasteiger partial charge in [-0.3, -0.25) is 4.79 Å². The van der Waals surface area contributed by atoms with Crippen LogP contribution < -0.4 is 0 Å². The number of nitriles is 1. The molecule has 1 aromatic carbocycles. The molecule has 0 bridgehead atoms. The fraction of sp³-hybridized carbons (Fsp3) is 0.333. The Morgan fingerprint density at radius 3 is 2.36 bits per heavy atom. The normalized spacial score (nSPS) is 17.1. The van der Waals surface area contributed by atoms with E-state index in [0.29, 0.717) is 5.56 Å². The first kappa shape index (κ1) is 8.96.